The van der Waals surface area contributed by atoms with E-state index in [1.807, 2.05) is 37.3 Å². The van der Waals surface area contributed by atoms with Crippen LogP contribution in [0.15, 0.2) is 106 Å². The lowest BCUT2D eigenvalue weighted by molar-refractivity contribution is -0.132. The maximum absolute atomic E-state index is 10.7. The first kappa shape index (κ1) is 28.1. The Balaban J connectivity index is 2.68. The van der Waals surface area contributed by atoms with Crippen molar-refractivity contribution in [3.8, 4) is 0 Å². The van der Waals surface area contributed by atoms with E-state index in [0.717, 1.165) is 24.0 Å². The van der Waals surface area contributed by atoms with E-state index in [4.69, 9.17) is 5.11 Å². The molecule has 0 aromatic carbocycles. The molecule has 0 heterocycles. The van der Waals surface area contributed by atoms with E-state index in [1.165, 1.54) is 16.7 Å². The molecule has 1 aliphatic carbocycles. The van der Waals surface area contributed by atoms with E-state index in [0.29, 0.717) is 5.57 Å². The molecule has 0 aliphatic heterocycles. The number of allylic oxidation sites excluding steroid dienone is 16. The van der Waals surface area contributed by atoms with Gasteiger partial charge in [0.05, 0.1) is 6.10 Å². The van der Waals surface area contributed by atoms with Gasteiger partial charge in [-0.3, -0.25) is 0 Å². The molecule has 178 valence electrons. The van der Waals surface area contributed by atoms with Crippen molar-refractivity contribution in [3.63, 3.8) is 0 Å². The molecule has 1 unspecified atom stereocenters. The maximum atomic E-state index is 10.7. The Kier molecular flexibility index (Phi) is 11.6. The van der Waals surface area contributed by atoms with Gasteiger partial charge in [-0.25, -0.2) is 4.79 Å². The number of carboxylic acid groups (broad SMARTS) is 1. The first-order valence-corrected chi connectivity index (χ1v) is 11.4. The molecule has 0 bridgehead atoms. The van der Waals surface area contributed by atoms with E-state index in [2.05, 4.69) is 65.0 Å². The third kappa shape index (κ3) is 11.0. The number of carboxylic acids is 1. The van der Waals surface area contributed by atoms with Crippen molar-refractivity contribution in [3.05, 3.63) is 106 Å². The second-order valence-corrected chi connectivity index (χ2v) is 9.46. The molecule has 0 saturated carbocycles. The lowest BCUT2D eigenvalue weighted by Gasteiger charge is -2.35. The molecule has 0 aromatic rings. The predicted molar refractivity (Wildman–Crippen MR) is 141 cm³/mol. The largest absolute Gasteiger partial charge is 0.478 e. The second-order valence-electron chi connectivity index (χ2n) is 9.46. The summed E-state index contributed by atoms with van der Waals surface area (Å²) in [5.74, 6) is -0.905. The highest BCUT2D eigenvalue weighted by Gasteiger charge is 2.31. The zero-order chi connectivity index (χ0) is 25.0. The fourth-order valence-corrected chi connectivity index (χ4v) is 3.74. The molecule has 1 rings (SSSR count). The Bertz CT molecular complexity index is 970. The molecule has 0 radical (unpaired) electrons. The van der Waals surface area contributed by atoms with Crippen LogP contribution < -0.4 is 0 Å². The Labute approximate surface area is 200 Å². The summed E-state index contributed by atoms with van der Waals surface area (Å²) >= 11 is 0. The van der Waals surface area contributed by atoms with Gasteiger partial charge in [-0.15, -0.1) is 0 Å². The minimum Gasteiger partial charge on any atom is -0.478 e. The summed E-state index contributed by atoms with van der Waals surface area (Å²) in [6.07, 6.45) is 25.1. The van der Waals surface area contributed by atoms with Crippen LogP contribution in [-0.4, -0.2) is 22.3 Å². The first-order valence-electron chi connectivity index (χ1n) is 11.4. The van der Waals surface area contributed by atoms with Crippen molar-refractivity contribution < 1.29 is 15.0 Å². The van der Waals surface area contributed by atoms with E-state index < -0.39 is 5.97 Å². The predicted octanol–water partition coefficient (Wildman–Crippen LogP) is 7.58. The molecule has 1 aliphatic rings. The molecule has 0 aromatic heterocycles. The number of aliphatic carboxylic acids is 1. The molecular formula is C30H40O3. The average Bonchev–Trinajstić information content (AvgIpc) is 2.69. The molecular weight excluding hydrogens is 408 g/mol. The maximum Gasteiger partial charge on any atom is 0.331 e. The summed E-state index contributed by atoms with van der Waals surface area (Å²) < 4.78 is 0. The van der Waals surface area contributed by atoms with Crippen LogP contribution in [0.3, 0.4) is 0 Å². The highest BCUT2D eigenvalue weighted by Crippen LogP contribution is 2.41. The van der Waals surface area contributed by atoms with Crippen molar-refractivity contribution in [2.75, 3.05) is 0 Å². The number of hydrogen-bond acceptors (Lipinski definition) is 2. The minimum atomic E-state index is -0.905. The van der Waals surface area contributed by atoms with Crippen LogP contribution in [0.25, 0.3) is 0 Å². The third-order valence-electron chi connectivity index (χ3n) is 5.58. The van der Waals surface area contributed by atoms with Gasteiger partial charge in [-0.1, -0.05) is 109 Å². The van der Waals surface area contributed by atoms with Crippen molar-refractivity contribution >= 4 is 5.97 Å². The molecule has 1 atom stereocenters. The first-order chi connectivity index (χ1) is 15.4. The van der Waals surface area contributed by atoms with Crippen LogP contribution in [0.5, 0.6) is 0 Å². The van der Waals surface area contributed by atoms with Gasteiger partial charge in [0.15, 0.2) is 0 Å². The Morgan fingerprint density at radius 1 is 0.848 bits per heavy atom. The highest BCUT2D eigenvalue weighted by atomic mass is 16.4. The standard InChI is InChI=1S/C30H40O3/c1-22(12-8-9-13-23(2)16-11-17-25(4)29(32)33)14-10-15-24(3)18-19-28-26(5)20-27(31)21-30(28,6)7/h8-19,27,31H,20-21H2,1-7H3,(H,32,33). The number of aliphatic hydroxyl groups excluding tert-OH is 1. The van der Waals surface area contributed by atoms with Gasteiger partial charge in [0.25, 0.3) is 0 Å². The van der Waals surface area contributed by atoms with Gasteiger partial charge in [-0.05, 0) is 58.4 Å². The molecule has 0 fully saturated rings. The Morgan fingerprint density at radius 3 is 1.85 bits per heavy atom. The Hall–Kier alpha value is -2.91. The van der Waals surface area contributed by atoms with Crippen LogP contribution in [0.1, 0.15) is 61.3 Å². The quantitative estimate of drug-likeness (QED) is 0.282. The number of aliphatic hydroxyl groups is 1. The summed E-state index contributed by atoms with van der Waals surface area (Å²) in [7, 11) is 0. The molecule has 0 spiro atoms. The smallest absolute Gasteiger partial charge is 0.331 e. The van der Waals surface area contributed by atoms with E-state index >= 15 is 0 Å². The molecule has 2 N–H and O–H groups in total. The van der Waals surface area contributed by atoms with Gasteiger partial charge in [-0.2, -0.15) is 0 Å². The topological polar surface area (TPSA) is 57.5 Å². The number of rotatable bonds is 9. The monoisotopic (exact) mass is 448 g/mol. The number of carbonyl (C=O) groups is 1. The minimum absolute atomic E-state index is 0.00324. The number of hydrogen-bond donors (Lipinski definition) is 2. The Morgan fingerprint density at radius 2 is 1.33 bits per heavy atom. The normalized spacial score (nSPS) is 21.4. The van der Waals surface area contributed by atoms with Crippen molar-refractivity contribution in [1.82, 2.24) is 0 Å². The van der Waals surface area contributed by atoms with Gasteiger partial charge in [0.1, 0.15) is 0 Å². The van der Waals surface area contributed by atoms with Crippen LogP contribution in [0.4, 0.5) is 0 Å². The van der Waals surface area contributed by atoms with Crippen LogP contribution in [0, 0.1) is 5.41 Å². The molecule has 3 nitrogen and oxygen atoms in total. The third-order valence-corrected chi connectivity index (χ3v) is 5.58. The zero-order valence-corrected chi connectivity index (χ0v) is 21.2. The van der Waals surface area contributed by atoms with Crippen LogP contribution in [0.2, 0.25) is 0 Å². The summed E-state index contributed by atoms with van der Waals surface area (Å²) in [5, 5.41) is 18.9. The van der Waals surface area contributed by atoms with Gasteiger partial charge in [0.2, 0.25) is 0 Å². The van der Waals surface area contributed by atoms with Gasteiger partial charge in [0, 0.05) is 5.57 Å². The van der Waals surface area contributed by atoms with Crippen LogP contribution >= 0.6 is 0 Å². The van der Waals surface area contributed by atoms with Crippen molar-refractivity contribution in [2.45, 2.75) is 67.4 Å². The zero-order valence-electron chi connectivity index (χ0n) is 21.2. The lowest BCUT2D eigenvalue weighted by atomic mass is 9.71. The second kappa shape index (κ2) is 13.6. The lowest BCUT2D eigenvalue weighted by Crippen LogP contribution is -2.28. The average molecular weight is 449 g/mol. The fraction of sp³-hybridized carbons (Fsp3) is 0.367. The summed E-state index contributed by atoms with van der Waals surface area (Å²) in [6, 6.07) is 0. The molecule has 0 amide bonds. The fourth-order valence-electron chi connectivity index (χ4n) is 3.74. The van der Waals surface area contributed by atoms with Gasteiger partial charge >= 0.3 is 5.97 Å². The van der Waals surface area contributed by atoms with Crippen molar-refractivity contribution in [1.29, 1.82) is 0 Å². The van der Waals surface area contributed by atoms with Gasteiger partial charge < -0.3 is 10.2 Å². The molecule has 0 saturated heterocycles. The van der Waals surface area contributed by atoms with E-state index in [1.54, 1.807) is 19.1 Å². The summed E-state index contributed by atoms with van der Waals surface area (Å²) in [5.41, 5.74) is 6.26. The molecule has 3 heteroatoms. The summed E-state index contributed by atoms with van der Waals surface area (Å²) in [6.45, 7) is 14.2. The highest BCUT2D eigenvalue weighted by molar-refractivity contribution is 5.86. The van der Waals surface area contributed by atoms with E-state index in [-0.39, 0.29) is 11.5 Å². The molecule has 33 heavy (non-hydrogen) atoms. The van der Waals surface area contributed by atoms with Crippen LogP contribution in [-0.2, 0) is 4.79 Å². The summed E-state index contributed by atoms with van der Waals surface area (Å²) in [4.78, 5) is 10.7. The van der Waals surface area contributed by atoms with Crippen molar-refractivity contribution in [2.24, 2.45) is 5.41 Å². The SMILES string of the molecule is CC(C=CC=C(C)C=CC1=C(C)CC(O)CC1(C)C)=CC=CC=C(C)C=CC=C(C)C(=O)O. The van der Waals surface area contributed by atoms with E-state index in [9.17, 15) is 9.90 Å².